The molecule has 22 heavy (non-hydrogen) atoms. The smallest absolute Gasteiger partial charge is 0.338 e. The molecule has 1 heterocycles. The zero-order valence-corrected chi connectivity index (χ0v) is 12.0. The lowest BCUT2D eigenvalue weighted by Gasteiger charge is -2.06. The molecule has 0 fully saturated rings. The molecule has 1 aromatic heterocycles. The monoisotopic (exact) mass is 315 g/mol. The summed E-state index contributed by atoms with van der Waals surface area (Å²) in [6, 6.07) is 11.0. The maximum atomic E-state index is 11.7. The van der Waals surface area contributed by atoms with Crippen molar-refractivity contribution in [3.63, 3.8) is 0 Å². The molecule has 0 radical (unpaired) electrons. The molecular formula is C15H10ClN3O3. The molecule has 2 aromatic rings. The largest absolute Gasteiger partial charge is 0.452 e. The fourth-order valence-electron chi connectivity index (χ4n) is 1.52. The maximum Gasteiger partial charge on any atom is 0.338 e. The van der Waals surface area contributed by atoms with Gasteiger partial charge in [0.05, 0.1) is 22.2 Å². The Hall–Kier alpha value is -2.91. The van der Waals surface area contributed by atoms with Crippen molar-refractivity contribution in [3.05, 3.63) is 58.7 Å². The summed E-state index contributed by atoms with van der Waals surface area (Å²) in [5, 5.41) is 11.6. The lowest BCUT2D eigenvalue weighted by Crippen LogP contribution is -2.21. The summed E-state index contributed by atoms with van der Waals surface area (Å²) in [6.07, 6.45) is 1.39. The van der Waals surface area contributed by atoms with Gasteiger partial charge in [-0.2, -0.15) is 5.26 Å². The highest BCUT2D eigenvalue weighted by molar-refractivity contribution is 6.30. The van der Waals surface area contributed by atoms with E-state index in [2.05, 4.69) is 10.3 Å². The Bertz CT molecular complexity index is 721. The molecule has 2 rings (SSSR count). The molecule has 7 heteroatoms. The van der Waals surface area contributed by atoms with E-state index in [1.807, 2.05) is 6.07 Å². The number of amides is 1. The molecule has 0 spiro atoms. The Morgan fingerprint density at radius 3 is 2.55 bits per heavy atom. The minimum Gasteiger partial charge on any atom is -0.452 e. The van der Waals surface area contributed by atoms with Crippen molar-refractivity contribution in [3.8, 4) is 6.07 Å². The van der Waals surface area contributed by atoms with Gasteiger partial charge in [0.25, 0.3) is 5.91 Å². The van der Waals surface area contributed by atoms with Crippen LogP contribution in [0.1, 0.15) is 15.9 Å². The summed E-state index contributed by atoms with van der Waals surface area (Å²) >= 11 is 5.68. The molecule has 0 saturated carbocycles. The number of esters is 1. The van der Waals surface area contributed by atoms with Gasteiger partial charge in [0.15, 0.2) is 6.61 Å². The van der Waals surface area contributed by atoms with Crippen molar-refractivity contribution in [2.75, 3.05) is 11.9 Å². The minimum absolute atomic E-state index is 0.261. The van der Waals surface area contributed by atoms with Gasteiger partial charge < -0.3 is 10.1 Å². The first-order valence-corrected chi connectivity index (χ1v) is 6.55. The number of pyridine rings is 1. The number of hydrogen-bond donors (Lipinski definition) is 1. The zero-order valence-electron chi connectivity index (χ0n) is 11.2. The quantitative estimate of drug-likeness (QED) is 0.875. The van der Waals surface area contributed by atoms with E-state index in [4.69, 9.17) is 21.6 Å². The summed E-state index contributed by atoms with van der Waals surface area (Å²) in [4.78, 5) is 27.2. The van der Waals surface area contributed by atoms with E-state index in [0.29, 0.717) is 16.4 Å². The Balaban J connectivity index is 1.86. The van der Waals surface area contributed by atoms with E-state index in [1.54, 1.807) is 6.07 Å². The number of hydrogen-bond acceptors (Lipinski definition) is 5. The molecule has 0 saturated heterocycles. The Morgan fingerprint density at radius 2 is 1.95 bits per heavy atom. The number of rotatable bonds is 4. The third-order valence-corrected chi connectivity index (χ3v) is 2.80. The Kier molecular flexibility index (Phi) is 5.07. The first-order valence-electron chi connectivity index (χ1n) is 6.17. The topological polar surface area (TPSA) is 92.1 Å². The number of carbonyl (C=O) groups is 2. The molecular weight excluding hydrogens is 306 g/mol. The summed E-state index contributed by atoms with van der Waals surface area (Å²) in [5.74, 6) is -0.857. The molecule has 0 unspecified atom stereocenters. The molecule has 110 valence electrons. The van der Waals surface area contributed by atoms with E-state index < -0.39 is 18.5 Å². The van der Waals surface area contributed by atoms with Gasteiger partial charge in [-0.25, -0.2) is 9.78 Å². The van der Waals surface area contributed by atoms with Crippen molar-refractivity contribution >= 4 is 29.3 Å². The number of benzene rings is 1. The van der Waals surface area contributed by atoms with Crippen molar-refractivity contribution in [1.82, 2.24) is 4.98 Å². The van der Waals surface area contributed by atoms with E-state index in [-0.39, 0.29) is 5.56 Å². The van der Waals surface area contributed by atoms with Crippen molar-refractivity contribution in [2.24, 2.45) is 0 Å². The Morgan fingerprint density at radius 1 is 1.23 bits per heavy atom. The van der Waals surface area contributed by atoms with Crippen molar-refractivity contribution in [1.29, 1.82) is 5.26 Å². The van der Waals surface area contributed by atoms with Gasteiger partial charge in [-0.1, -0.05) is 11.6 Å². The predicted molar refractivity (Wildman–Crippen MR) is 79.3 cm³/mol. The predicted octanol–water partition coefficient (Wildman–Crippen LogP) is 2.40. The average molecular weight is 316 g/mol. The normalized spacial score (nSPS) is 9.64. The van der Waals surface area contributed by atoms with Crippen LogP contribution >= 0.6 is 11.6 Å². The second kappa shape index (κ2) is 7.20. The van der Waals surface area contributed by atoms with Gasteiger partial charge in [-0.15, -0.1) is 0 Å². The number of anilines is 1. The van der Waals surface area contributed by atoms with Crippen LogP contribution in [-0.4, -0.2) is 23.5 Å². The number of ether oxygens (including phenoxy) is 1. The lowest BCUT2D eigenvalue weighted by molar-refractivity contribution is -0.119. The number of halogens is 1. The van der Waals surface area contributed by atoms with E-state index in [1.165, 1.54) is 36.5 Å². The van der Waals surface area contributed by atoms with Crippen LogP contribution in [0.4, 0.5) is 5.82 Å². The van der Waals surface area contributed by atoms with Gasteiger partial charge >= 0.3 is 5.97 Å². The van der Waals surface area contributed by atoms with Crippen molar-refractivity contribution < 1.29 is 14.3 Å². The number of nitriles is 1. The summed E-state index contributed by atoms with van der Waals surface area (Å²) in [5.41, 5.74) is 0.694. The minimum atomic E-state index is -0.649. The van der Waals surface area contributed by atoms with E-state index >= 15 is 0 Å². The molecule has 0 aliphatic heterocycles. The third-order valence-electron chi connectivity index (χ3n) is 2.58. The van der Waals surface area contributed by atoms with Gasteiger partial charge in [0.1, 0.15) is 5.82 Å². The highest BCUT2D eigenvalue weighted by Crippen LogP contribution is 2.09. The first-order chi connectivity index (χ1) is 10.6. The fourth-order valence-corrected chi connectivity index (χ4v) is 1.64. The van der Waals surface area contributed by atoms with Crippen LogP contribution in [0.5, 0.6) is 0 Å². The Labute approximate surface area is 131 Å². The summed E-state index contributed by atoms with van der Waals surface area (Å²) < 4.78 is 4.87. The molecule has 0 aliphatic rings. The van der Waals surface area contributed by atoms with Crippen molar-refractivity contribution in [2.45, 2.75) is 0 Å². The first kappa shape index (κ1) is 15.5. The summed E-state index contributed by atoms with van der Waals surface area (Å²) in [7, 11) is 0. The van der Waals surface area contributed by atoms with E-state index in [0.717, 1.165) is 0 Å². The van der Waals surface area contributed by atoms with Crippen LogP contribution in [0.2, 0.25) is 5.02 Å². The number of nitrogens with zero attached hydrogens (tertiary/aromatic N) is 2. The SMILES string of the molecule is N#Cc1ccc(C(=O)OCC(=O)Nc2ccc(Cl)cn2)cc1. The van der Waals surface area contributed by atoms with Crippen LogP contribution in [0.25, 0.3) is 0 Å². The van der Waals surface area contributed by atoms with Crippen LogP contribution in [0.3, 0.4) is 0 Å². The van der Waals surface area contributed by atoms with Crippen LogP contribution in [0, 0.1) is 11.3 Å². The zero-order chi connectivity index (χ0) is 15.9. The van der Waals surface area contributed by atoms with Crippen LogP contribution in [0.15, 0.2) is 42.6 Å². The van der Waals surface area contributed by atoms with Gasteiger partial charge in [0.2, 0.25) is 0 Å². The second-order valence-electron chi connectivity index (χ2n) is 4.18. The van der Waals surface area contributed by atoms with Crippen LogP contribution in [-0.2, 0) is 9.53 Å². The number of nitrogens with one attached hydrogen (secondary N) is 1. The molecule has 6 nitrogen and oxygen atoms in total. The number of carbonyl (C=O) groups excluding carboxylic acids is 2. The van der Waals surface area contributed by atoms with Crippen LogP contribution < -0.4 is 5.32 Å². The maximum absolute atomic E-state index is 11.7. The molecule has 1 amide bonds. The standard InChI is InChI=1S/C15H10ClN3O3/c16-12-5-6-13(18-8-12)19-14(20)9-22-15(21)11-3-1-10(7-17)2-4-11/h1-6,8H,9H2,(H,18,19,20). The molecule has 1 aromatic carbocycles. The van der Waals surface area contributed by atoms with Gasteiger partial charge in [-0.3, -0.25) is 4.79 Å². The average Bonchev–Trinajstić information content (AvgIpc) is 2.55. The fraction of sp³-hybridized carbons (Fsp3) is 0.0667. The van der Waals surface area contributed by atoms with Gasteiger partial charge in [0, 0.05) is 6.20 Å². The molecule has 0 atom stereocenters. The molecule has 0 aliphatic carbocycles. The highest BCUT2D eigenvalue weighted by atomic mass is 35.5. The van der Waals surface area contributed by atoms with E-state index in [9.17, 15) is 9.59 Å². The third kappa shape index (κ3) is 4.30. The molecule has 0 bridgehead atoms. The molecule has 1 N–H and O–H groups in total. The lowest BCUT2D eigenvalue weighted by atomic mass is 10.1. The number of aromatic nitrogens is 1. The highest BCUT2D eigenvalue weighted by Gasteiger charge is 2.10. The second-order valence-corrected chi connectivity index (χ2v) is 4.61. The summed E-state index contributed by atoms with van der Waals surface area (Å²) in [6.45, 7) is -0.441. The van der Waals surface area contributed by atoms with Gasteiger partial charge in [-0.05, 0) is 36.4 Å².